The van der Waals surface area contributed by atoms with Gasteiger partial charge in [0.2, 0.25) is 0 Å². The third-order valence-electron chi connectivity index (χ3n) is 2.35. The summed E-state index contributed by atoms with van der Waals surface area (Å²) in [7, 11) is 0. The van der Waals surface area contributed by atoms with E-state index in [9.17, 15) is 4.79 Å². The van der Waals surface area contributed by atoms with Crippen LogP contribution in [0.1, 0.15) is 13.3 Å². The maximum absolute atomic E-state index is 10.6. The molecule has 1 aromatic rings. The lowest BCUT2D eigenvalue weighted by Gasteiger charge is -2.22. The number of para-hydroxylation sites is 1. The SMILES string of the molecule is CCC1Sc2ccccc2N=C1SCC(=O)O. The molecule has 90 valence electrons. The van der Waals surface area contributed by atoms with Crippen molar-refractivity contribution in [1.82, 2.24) is 0 Å². The third-order valence-corrected chi connectivity index (χ3v) is 5.01. The number of benzene rings is 1. The first-order valence-electron chi connectivity index (χ1n) is 5.39. The van der Waals surface area contributed by atoms with Crippen LogP contribution in [0.4, 0.5) is 5.69 Å². The Hall–Kier alpha value is -0.940. The van der Waals surface area contributed by atoms with Crippen molar-refractivity contribution in [2.45, 2.75) is 23.5 Å². The van der Waals surface area contributed by atoms with Gasteiger partial charge in [-0.1, -0.05) is 30.8 Å². The summed E-state index contributed by atoms with van der Waals surface area (Å²) in [5, 5.41) is 9.93. The molecule has 1 N–H and O–H groups in total. The Kier molecular flexibility index (Phi) is 4.12. The summed E-state index contributed by atoms with van der Waals surface area (Å²) in [6, 6.07) is 7.98. The number of aliphatic carboxylic acids is 1. The Morgan fingerprint density at radius 3 is 3.00 bits per heavy atom. The molecule has 1 atom stereocenters. The Labute approximate surface area is 109 Å². The molecule has 5 heteroatoms. The van der Waals surface area contributed by atoms with Crippen LogP contribution in [0.15, 0.2) is 34.2 Å². The van der Waals surface area contributed by atoms with E-state index in [4.69, 9.17) is 5.11 Å². The Morgan fingerprint density at radius 1 is 1.53 bits per heavy atom. The van der Waals surface area contributed by atoms with E-state index in [1.165, 1.54) is 16.7 Å². The number of hydrogen-bond acceptors (Lipinski definition) is 4. The summed E-state index contributed by atoms with van der Waals surface area (Å²) in [6.45, 7) is 2.10. The van der Waals surface area contributed by atoms with Gasteiger partial charge in [-0.15, -0.1) is 11.8 Å². The Morgan fingerprint density at radius 2 is 2.29 bits per heavy atom. The summed E-state index contributed by atoms with van der Waals surface area (Å²) in [4.78, 5) is 16.3. The minimum absolute atomic E-state index is 0.0814. The fourth-order valence-corrected chi connectivity index (χ4v) is 3.72. The van der Waals surface area contributed by atoms with Gasteiger partial charge in [0.1, 0.15) is 0 Å². The second-order valence-corrected chi connectivity index (χ2v) is 5.86. The smallest absolute Gasteiger partial charge is 0.313 e. The third kappa shape index (κ3) is 3.04. The van der Waals surface area contributed by atoms with Crippen LogP contribution >= 0.6 is 23.5 Å². The van der Waals surface area contributed by atoms with Gasteiger partial charge in [-0.25, -0.2) is 4.99 Å². The van der Waals surface area contributed by atoms with Crippen molar-refractivity contribution in [2.24, 2.45) is 4.99 Å². The van der Waals surface area contributed by atoms with E-state index < -0.39 is 5.97 Å². The molecule has 0 spiro atoms. The van der Waals surface area contributed by atoms with Gasteiger partial charge in [-0.05, 0) is 18.6 Å². The molecule has 3 nitrogen and oxygen atoms in total. The molecule has 0 fully saturated rings. The van der Waals surface area contributed by atoms with Gasteiger partial charge in [0, 0.05) is 4.90 Å². The summed E-state index contributed by atoms with van der Waals surface area (Å²) in [6.07, 6.45) is 0.963. The van der Waals surface area contributed by atoms with Gasteiger partial charge >= 0.3 is 5.97 Å². The molecule has 0 radical (unpaired) electrons. The van der Waals surface area contributed by atoms with Crippen LogP contribution in [0.3, 0.4) is 0 Å². The standard InChI is InChI=1S/C12H13NO2S2/c1-2-9-12(16-7-11(14)15)13-8-5-3-4-6-10(8)17-9/h3-6,9H,2,7H2,1H3,(H,14,15). The number of fused-ring (bicyclic) bond motifs is 1. The highest BCUT2D eigenvalue weighted by Gasteiger charge is 2.23. The van der Waals surface area contributed by atoms with Gasteiger partial charge in [0.15, 0.2) is 0 Å². The molecule has 0 bridgehead atoms. The molecule has 17 heavy (non-hydrogen) atoms. The first kappa shape index (κ1) is 12.5. The second kappa shape index (κ2) is 5.60. The largest absolute Gasteiger partial charge is 0.481 e. The summed E-state index contributed by atoms with van der Waals surface area (Å²) < 4.78 is 0. The molecular formula is C12H13NO2S2. The van der Waals surface area contributed by atoms with Crippen molar-refractivity contribution in [2.75, 3.05) is 5.75 Å². The van der Waals surface area contributed by atoms with Crippen molar-refractivity contribution in [3.05, 3.63) is 24.3 Å². The van der Waals surface area contributed by atoms with Gasteiger partial charge < -0.3 is 5.11 Å². The normalized spacial score (nSPS) is 18.4. The molecule has 1 aliphatic rings. The lowest BCUT2D eigenvalue weighted by molar-refractivity contribution is -0.133. The van der Waals surface area contributed by atoms with Crippen LogP contribution in [0.25, 0.3) is 0 Å². The highest BCUT2D eigenvalue weighted by Crippen LogP contribution is 2.40. The second-order valence-electron chi connectivity index (χ2n) is 3.61. The van der Waals surface area contributed by atoms with Crippen LogP contribution in [0.5, 0.6) is 0 Å². The van der Waals surface area contributed by atoms with Crippen molar-refractivity contribution in [3.8, 4) is 0 Å². The van der Waals surface area contributed by atoms with E-state index in [-0.39, 0.29) is 11.0 Å². The summed E-state index contributed by atoms with van der Waals surface area (Å²) >= 11 is 3.10. The number of carbonyl (C=O) groups is 1. The zero-order valence-electron chi connectivity index (χ0n) is 9.42. The number of aliphatic imine (C=N–C) groups is 1. The lowest BCUT2D eigenvalue weighted by Crippen LogP contribution is -2.17. The Bertz CT molecular complexity index is 460. The van der Waals surface area contributed by atoms with Crippen LogP contribution in [0.2, 0.25) is 0 Å². The molecular weight excluding hydrogens is 254 g/mol. The summed E-state index contributed by atoms with van der Waals surface area (Å²) in [5.41, 5.74) is 0.954. The molecule has 1 heterocycles. The monoisotopic (exact) mass is 267 g/mol. The van der Waals surface area contributed by atoms with E-state index >= 15 is 0 Å². The predicted octanol–water partition coefficient (Wildman–Crippen LogP) is 3.42. The summed E-state index contributed by atoms with van der Waals surface area (Å²) in [5.74, 6) is -0.714. The first-order valence-corrected chi connectivity index (χ1v) is 7.26. The minimum Gasteiger partial charge on any atom is -0.481 e. The maximum Gasteiger partial charge on any atom is 0.313 e. The molecule has 1 aliphatic heterocycles. The van der Waals surface area contributed by atoms with Gasteiger partial charge in [0.05, 0.1) is 21.7 Å². The number of rotatable bonds is 3. The number of carboxylic acids is 1. The molecule has 1 unspecified atom stereocenters. The van der Waals surface area contributed by atoms with Crippen LogP contribution < -0.4 is 0 Å². The Balaban J connectivity index is 2.22. The van der Waals surface area contributed by atoms with E-state index in [2.05, 4.69) is 18.0 Å². The van der Waals surface area contributed by atoms with Crippen molar-refractivity contribution in [1.29, 1.82) is 0 Å². The number of carboxylic acid groups (broad SMARTS) is 1. The minimum atomic E-state index is -0.795. The molecule has 0 aromatic heterocycles. The fourth-order valence-electron chi connectivity index (χ4n) is 1.56. The molecule has 0 saturated carbocycles. The fraction of sp³-hybridized carbons (Fsp3) is 0.333. The predicted molar refractivity (Wildman–Crippen MR) is 73.6 cm³/mol. The number of nitrogens with zero attached hydrogens (tertiary/aromatic N) is 1. The van der Waals surface area contributed by atoms with Crippen molar-refractivity contribution < 1.29 is 9.90 Å². The number of thioether (sulfide) groups is 2. The van der Waals surface area contributed by atoms with Gasteiger partial charge in [-0.2, -0.15) is 0 Å². The van der Waals surface area contributed by atoms with E-state index in [1.807, 2.05) is 18.2 Å². The van der Waals surface area contributed by atoms with Crippen LogP contribution in [-0.4, -0.2) is 27.1 Å². The van der Waals surface area contributed by atoms with Crippen molar-refractivity contribution in [3.63, 3.8) is 0 Å². The van der Waals surface area contributed by atoms with Crippen LogP contribution in [-0.2, 0) is 4.79 Å². The lowest BCUT2D eigenvalue weighted by atomic mass is 10.3. The average molecular weight is 267 g/mol. The zero-order valence-corrected chi connectivity index (χ0v) is 11.1. The van der Waals surface area contributed by atoms with E-state index in [0.717, 1.165) is 17.2 Å². The highest BCUT2D eigenvalue weighted by molar-refractivity contribution is 8.16. The molecule has 0 amide bonds. The molecule has 2 rings (SSSR count). The topological polar surface area (TPSA) is 49.7 Å². The van der Waals surface area contributed by atoms with Crippen molar-refractivity contribution >= 4 is 40.2 Å². The molecule has 0 aliphatic carbocycles. The molecule has 0 saturated heterocycles. The first-order chi connectivity index (χ1) is 8.20. The highest BCUT2D eigenvalue weighted by atomic mass is 32.2. The average Bonchev–Trinajstić information content (AvgIpc) is 2.35. The van der Waals surface area contributed by atoms with E-state index in [1.54, 1.807) is 11.8 Å². The number of hydrogen-bond donors (Lipinski definition) is 1. The molecule has 1 aromatic carbocycles. The quantitative estimate of drug-likeness (QED) is 0.911. The van der Waals surface area contributed by atoms with Crippen LogP contribution in [0, 0.1) is 0 Å². The van der Waals surface area contributed by atoms with E-state index in [0.29, 0.717) is 0 Å². The van der Waals surface area contributed by atoms with Gasteiger partial charge in [-0.3, -0.25) is 4.79 Å². The maximum atomic E-state index is 10.6. The van der Waals surface area contributed by atoms with Gasteiger partial charge in [0.25, 0.3) is 0 Å². The zero-order chi connectivity index (χ0) is 12.3.